The Morgan fingerprint density at radius 2 is 1.69 bits per heavy atom. The Labute approximate surface area is 167 Å². The molecule has 138 valence electrons. The Kier molecular flexibility index (Phi) is 8.45. The molecule has 0 aliphatic carbocycles. The fourth-order valence-electron chi connectivity index (χ4n) is 3.67. The molecule has 0 amide bonds. The zero-order chi connectivity index (χ0) is 18.9. The molecular weight excluding hydrogens is 363 g/mol. The summed E-state index contributed by atoms with van der Waals surface area (Å²) in [7, 11) is 0. The van der Waals surface area contributed by atoms with E-state index in [9.17, 15) is 5.26 Å². The van der Waals surface area contributed by atoms with Crippen molar-refractivity contribution in [1.82, 2.24) is 5.32 Å². The van der Waals surface area contributed by atoms with Crippen LogP contribution in [0.15, 0.2) is 54.6 Å². The normalized spacial score (nSPS) is 21.8. The first-order chi connectivity index (χ1) is 12.6. The van der Waals surface area contributed by atoms with Crippen LogP contribution >= 0.6 is 23.2 Å². The zero-order valence-corrected chi connectivity index (χ0v) is 16.8. The van der Waals surface area contributed by atoms with Gasteiger partial charge >= 0.3 is 0 Å². The molecule has 3 unspecified atom stereocenters. The SMILES string of the molecule is CCC(CC)C1NCC(c2cccc(Cl)c2)C1C#N.Clc1ccccc1. The van der Waals surface area contributed by atoms with E-state index < -0.39 is 0 Å². The van der Waals surface area contributed by atoms with Gasteiger partial charge in [-0.1, -0.05) is 80.2 Å². The number of rotatable bonds is 4. The van der Waals surface area contributed by atoms with E-state index in [4.69, 9.17) is 23.2 Å². The minimum atomic E-state index is 0.0448. The molecule has 1 fully saturated rings. The van der Waals surface area contributed by atoms with Crippen molar-refractivity contribution in [3.63, 3.8) is 0 Å². The third-order valence-electron chi connectivity index (χ3n) is 5.11. The van der Waals surface area contributed by atoms with E-state index in [1.807, 2.05) is 48.5 Å². The summed E-state index contributed by atoms with van der Waals surface area (Å²) in [5.74, 6) is 0.881. The molecule has 3 atom stereocenters. The number of hydrogen-bond donors (Lipinski definition) is 1. The van der Waals surface area contributed by atoms with Crippen molar-refractivity contribution in [3.8, 4) is 6.07 Å². The molecule has 0 spiro atoms. The summed E-state index contributed by atoms with van der Waals surface area (Å²) in [6.45, 7) is 5.29. The molecule has 0 saturated carbocycles. The van der Waals surface area contributed by atoms with Crippen molar-refractivity contribution in [2.24, 2.45) is 11.8 Å². The van der Waals surface area contributed by atoms with Crippen LogP contribution in [0.5, 0.6) is 0 Å². The molecule has 1 N–H and O–H groups in total. The van der Waals surface area contributed by atoms with Gasteiger partial charge in [0.1, 0.15) is 0 Å². The van der Waals surface area contributed by atoms with Crippen molar-refractivity contribution in [2.75, 3.05) is 6.54 Å². The van der Waals surface area contributed by atoms with Crippen LogP contribution in [0.25, 0.3) is 0 Å². The van der Waals surface area contributed by atoms with Crippen molar-refractivity contribution in [3.05, 3.63) is 70.2 Å². The van der Waals surface area contributed by atoms with Crippen LogP contribution in [0.2, 0.25) is 10.0 Å². The highest BCUT2D eigenvalue weighted by Crippen LogP contribution is 2.36. The number of nitrogens with one attached hydrogen (secondary N) is 1. The van der Waals surface area contributed by atoms with Gasteiger partial charge < -0.3 is 5.32 Å². The van der Waals surface area contributed by atoms with Gasteiger partial charge in [0.15, 0.2) is 0 Å². The van der Waals surface area contributed by atoms with Gasteiger partial charge in [-0.05, 0) is 35.7 Å². The van der Waals surface area contributed by atoms with E-state index in [0.717, 1.165) is 29.4 Å². The summed E-state index contributed by atoms with van der Waals surface area (Å²) in [6.07, 6.45) is 2.24. The minimum absolute atomic E-state index is 0.0448. The van der Waals surface area contributed by atoms with Gasteiger partial charge in [0.25, 0.3) is 0 Å². The number of halogens is 2. The monoisotopic (exact) mass is 388 g/mol. The van der Waals surface area contributed by atoms with Crippen LogP contribution in [0.4, 0.5) is 0 Å². The Morgan fingerprint density at radius 1 is 1.04 bits per heavy atom. The highest BCUT2D eigenvalue weighted by molar-refractivity contribution is 6.30. The molecule has 2 nitrogen and oxygen atoms in total. The standard InChI is InChI=1S/C16H21ClN2.C6H5Cl/c1-3-11(4-2)16-14(9-18)15(10-19-16)12-6-5-7-13(17)8-12;7-6-4-2-1-3-5-6/h5-8,11,14-16,19H,3-4,10H2,1-2H3;1-5H. The van der Waals surface area contributed by atoms with Crippen molar-refractivity contribution >= 4 is 23.2 Å². The van der Waals surface area contributed by atoms with Gasteiger partial charge in [-0.2, -0.15) is 5.26 Å². The Morgan fingerprint density at radius 3 is 2.19 bits per heavy atom. The van der Waals surface area contributed by atoms with Gasteiger partial charge in [0, 0.05) is 28.5 Å². The van der Waals surface area contributed by atoms with E-state index in [0.29, 0.717) is 12.0 Å². The quantitative estimate of drug-likeness (QED) is 0.665. The highest BCUT2D eigenvalue weighted by atomic mass is 35.5. The van der Waals surface area contributed by atoms with E-state index in [2.05, 4.69) is 31.3 Å². The molecule has 0 radical (unpaired) electrons. The summed E-state index contributed by atoms with van der Waals surface area (Å²) in [5.41, 5.74) is 1.18. The largest absolute Gasteiger partial charge is 0.312 e. The van der Waals surface area contributed by atoms with Gasteiger partial charge in [-0.15, -0.1) is 0 Å². The van der Waals surface area contributed by atoms with Gasteiger partial charge in [-0.25, -0.2) is 0 Å². The molecule has 4 heteroatoms. The average Bonchev–Trinajstić information content (AvgIpc) is 3.08. The predicted molar refractivity (Wildman–Crippen MR) is 111 cm³/mol. The highest BCUT2D eigenvalue weighted by Gasteiger charge is 2.39. The first-order valence-electron chi connectivity index (χ1n) is 9.19. The number of benzene rings is 2. The number of nitrogens with zero attached hydrogens (tertiary/aromatic N) is 1. The van der Waals surface area contributed by atoms with Gasteiger partial charge in [-0.3, -0.25) is 0 Å². The third kappa shape index (κ3) is 5.48. The van der Waals surface area contributed by atoms with E-state index in [1.165, 1.54) is 5.56 Å². The summed E-state index contributed by atoms with van der Waals surface area (Å²) in [4.78, 5) is 0. The van der Waals surface area contributed by atoms with Crippen LogP contribution < -0.4 is 5.32 Å². The maximum absolute atomic E-state index is 9.55. The van der Waals surface area contributed by atoms with Crippen molar-refractivity contribution < 1.29 is 0 Å². The van der Waals surface area contributed by atoms with E-state index in [-0.39, 0.29) is 11.8 Å². The van der Waals surface area contributed by atoms with Crippen LogP contribution in [0.3, 0.4) is 0 Å². The fourth-order valence-corrected chi connectivity index (χ4v) is 4.02. The molecule has 26 heavy (non-hydrogen) atoms. The second-order valence-electron chi connectivity index (χ2n) is 6.62. The summed E-state index contributed by atoms with van der Waals surface area (Å²) in [6, 6.07) is 20.2. The Balaban J connectivity index is 0.000000290. The Hall–Kier alpha value is -1.53. The van der Waals surface area contributed by atoms with Crippen LogP contribution in [-0.2, 0) is 0 Å². The lowest BCUT2D eigenvalue weighted by Gasteiger charge is -2.25. The second kappa shape index (κ2) is 10.6. The first kappa shape index (κ1) is 20.8. The molecule has 1 aliphatic rings. The first-order valence-corrected chi connectivity index (χ1v) is 9.95. The van der Waals surface area contributed by atoms with Crippen LogP contribution in [0, 0.1) is 23.2 Å². The smallest absolute Gasteiger partial charge is 0.0699 e. The lowest BCUT2D eigenvalue weighted by Crippen LogP contribution is -2.34. The fraction of sp³-hybridized carbons (Fsp3) is 0.409. The molecule has 1 aliphatic heterocycles. The average molecular weight is 389 g/mol. The molecule has 1 saturated heterocycles. The van der Waals surface area contributed by atoms with E-state index in [1.54, 1.807) is 0 Å². The van der Waals surface area contributed by atoms with Gasteiger partial charge in [0.05, 0.1) is 12.0 Å². The summed E-state index contributed by atoms with van der Waals surface area (Å²) >= 11 is 11.6. The van der Waals surface area contributed by atoms with Crippen LogP contribution in [-0.4, -0.2) is 12.6 Å². The molecule has 0 aromatic heterocycles. The van der Waals surface area contributed by atoms with Crippen molar-refractivity contribution in [2.45, 2.75) is 38.6 Å². The molecule has 1 heterocycles. The number of hydrogen-bond acceptors (Lipinski definition) is 2. The molecule has 3 rings (SSSR count). The lowest BCUT2D eigenvalue weighted by molar-refractivity contribution is 0.328. The minimum Gasteiger partial charge on any atom is -0.312 e. The molecule has 0 bridgehead atoms. The van der Waals surface area contributed by atoms with E-state index >= 15 is 0 Å². The Bertz CT molecular complexity index is 708. The molecule has 2 aromatic carbocycles. The maximum Gasteiger partial charge on any atom is 0.0699 e. The lowest BCUT2D eigenvalue weighted by atomic mass is 9.80. The zero-order valence-electron chi connectivity index (χ0n) is 15.3. The summed E-state index contributed by atoms with van der Waals surface area (Å²) < 4.78 is 0. The topological polar surface area (TPSA) is 35.8 Å². The predicted octanol–water partition coefficient (Wildman–Crippen LogP) is 6.31. The van der Waals surface area contributed by atoms with Gasteiger partial charge in [0.2, 0.25) is 0 Å². The van der Waals surface area contributed by atoms with Crippen molar-refractivity contribution in [1.29, 1.82) is 5.26 Å². The summed E-state index contributed by atoms with van der Waals surface area (Å²) in [5, 5.41) is 14.7. The molecule has 2 aromatic rings. The maximum atomic E-state index is 9.55. The molecular formula is C22H26Cl2N2. The number of nitriles is 1. The second-order valence-corrected chi connectivity index (χ2v) is 7.50. The van der Waals surface area contributed by atoms with Crippen LogP contribution in [0.1, 0.15) is 38.2 Å². The third-order valence-corrected chi connectivity index (χ3v) is 5.60.